The number of thiazole rings is 1. The molecule has 2 N–H and O–H groups in total. The molecule has 1 aromatic carbocycles. The predicted octanol–water partition coefficient (Wildman–Crippen LogP) is 2.20. The number of aromatic nitrogens is 3. The van der Waals surface area contributed by atoms with Crippen molar-refractivity contribution in [1.29, 1.82) is 0 Å². The zero-order valence-electron chi connectivity index (χ0n) is 16.4. The second-order valence-corrected chi connectivity index (χ2v) is 7.81. The molecule has 4 aromatic rings. The van der Waals surface area contributed by atoms with Crippen LogP contribution in [0.5, 0.6) is 0 Å². The van der Waals surface area contributed by atoms with Crippen molar-refractivity contribution in [3.63, 3.8) is 0 Å². The van der Waals surface area contributed by atoms with Gasteiger partial charge in [-0.05, 0) is 30.3 Å². The Morgan fingerprint density at radius 2 is 1.87 bits per heavy atom. The van der Waals surface area contributed by atoms with Crippen molar-refractivity contribution < 1.29 is 14.7 Å². The number of para-hydroxylation sites is 1. The van der Waals surface area contributed by atoms with E-state index in [1.165, 1.54) is 0 Å². The highest BCUT2D eigenvalue weighted by atomic mass is 32.1. The van der Waals surface area contributed by atoms with Crippen molar-refractivity contribution in [2.24, 2.45) is 0 Å². The zero-order chi connectivity index (χ0) is 21.8. The van der Waals surface area contributed by atoms with Crippen LogP contribution >= 0.6 is 11.3 Å². The summed E-state index contributed by atoms with van der Waals surface area (Å²) in [6.07, 6.45) is 1.61. The number of hydrogen-bond donors (Lipinski definition) is 2. The van der Waals surface area contributed by atoms with E-state index in [0.29, 0.717) is 31.8 Å². The number of piperazine rings is 1. The minimum atomic E-state index is -0.398. The lowest BCUT2D eigenvalue weighted by Gasteiger charge is -2.34. The van der Waals surface area contributed by atoms with Gasteiger partial charge < -0.3 is 19.9 Å². The first-order valence-electron chi connectivity index (χ1n) is 9.56. The number of pyridine rings is 2. The van der Waals surface area contributed by atoms with Crippen molar-refractivity contribution in [2.75, 3.05) is 31.1 Å². The number of anilines is 1. The van der Waals surface area contributed by atoms with E-state index in [0.717, 1.165) is 20.7 Å². The maximum atomic E-state index is 12.9. The summed E-state index contributed by atoms with van der Waals surface area (Å²) in [5.74, 6) is -0.240. The van der Waals surface area contributed by atoms with E-state index in [-0.39, 0.29) is 17.9 Å². The first-order valence-corrected chi connectivity index (χ1v) is 10.4. The van der Waals surface area contributed by atoms with E-state index in [2.05, 4.69) is 20.9 Å². The summed E-state index contributed by atoms with van der Waals surface area (Å²) in [5.41, 5.74) is 1.25. The van der Waals surface area contributed by atoms with Gasteiger partial charge in [-0.3, -0.25) is 14.4 Å². The van der Waals surface area contributed by atoms with E-state index < -0.39 is 5.56 Å². The first kappa shape index (κ1) is 20.5. The normalized spacial score (nSPS) is 13.7. The van der Waals surface area contributed by atoms with Crippen LogP contribution in [0.15, 0.2) is 53.5 Å². The minimum Gasteiger partial charge on any atom is -0.483 e. The van der Waals surface area contributed by atoms with E-state index in [9.17, 15) is 9.59 Å². The molecule has 0 bridgehead atoms. The molecule has 0 unspecified atom stereocenters. The van der Waals surface area contributed by atoms with Gasteiger partial charge in [0.1, 0.15) is 11.2 Å². The van der Waals surface area contributed by atoms with Gasteiger partial charge >= 0.3 is 0 Å². The van der Waals surface area contributed by atoms with Crippen LogP contribution in [-0.2, 0) is 4.79 Å². The van der Waals surface area contributed by atoms with Crippen molar-refractivity contribution in [1.82, 2.24) is 19.9 Å². The molecule has 3 aromatic heterocycles. The Morgan fingerprint density at radius 1 is 1.13 bits per heavy atom. The maximum Gasteiger partial charge on any atom is 0.290 e. The molecule has 0 spiro atoms. The SMILES string of the molecule is O=C(c1cc2cccnc2[nH]c1=O)N1CCN(c2nc3ccccc3s2)CC1.O=CO. The number of nitrogens with zero attached hydrogens (tertiary/aromatic N) is 4. The average Bonchev–Trinajstić information content (AvgIpc) is 3.23. The molecule has 9 nitrogen and oxygen atoms in total. The minimum absolute atomic E-state index is 0.161. The van der Waals surface area contributed by atoms with Gasteiger partial charge in [0, 0.05) is 37.8 Å². The largest absolute Gasteiger partial charge is 0.483 e. The standard InChI is InChI=1S/C20H17N5O2S.CH2O2/c26-18-14(12-13-4-3-7-21-17(13)23-18)19(27)24-8-10-25(11-9-24)20-22-15-5-1-2-6-16(15)28-20;2-1-3/h1-7,12H,8-11H2,(H,21,23,26);1H,(H,2,3). The second-order valence-electron chi connectivity index (χ2n) is 6.80. The Kier molecular flexibility index (Phi) is 5.89. The summed E-state index contributed by atoms with van der Waals surface area (Å²) < 4.78 is 1.16. The first-order chi connectivity index (χ1) is 15.1. The lowest BCUT2D eigenvalue weighted by atomic mass is 10.1. The fourth-order valence-electron chi connectivity index (χ4n) is 3.46. The zero-order valence-corrected chi connectivity index (χ0v) is 17.2. The molecule has 158 valence electrons. The highest BCUT2D eigenvalue weighted by molar-refractivity contribution is 7.22. The van der Waals surface area contributed by atoms with Gasteiger partial charge in [0.2, 0.25) is 0 Å². The third-order valence-electron chi connectivity index (χ3n) is 4.97. The molecule has 31 heavy (non-hydrogen) atoms. The molecule has 1 aliphatic heterocycles. The highest BCUT2D eigenvalue weighted by Gasteiger charge is 2.25. The Bertz CT molecular complexity index is 1260. The summed E-state index contributed by atoms with van der Waals surface area (Å²) in [6.45, 7) is 2.25. The van der Waals surface area contributed by atoms with Crippen molar-refractivity contribution in [3.05, 3.63) is 64.6 Å². The molecule has 1 aliphatic rings. The molecule has 0 radical (unpaired) electrons. The number of carbonyl (C=O) groups is 2. The number of amides is 1. The summed E-state index contributed by atoms with van der Waals surface area (Å²) in [5, 5.41) is 8.61. The van der Waals surface area contributed by atoms with Crippen LogP contribution in [0.25, 0.3) is 21.3 Å². The van der Waals surface area contributed by atoms with Crippen molar-refractivity contribution in [3.8, 4) is 0 Å². The lowest BCUT2D eigenvalue weighted by molar-refractivity contribution is -0.122. The molecule has 4 heterocycles. The van der Waals surface area contributed by atoms with Gasteiger partial charge in [-0.1, -0.05) is 23.5 Å². The van der Waals surface area contributed by atoms with Crippen LogP contribution in [-0.4, -0.2) is 63.5 Å². The number of carboxylic acid groups (broad SMARTS) is 1. The summed E-state index contributed by atoms with van der Waals surface area (Å²) in [4.78, 5) is 49.0. The summed E-state index contributed by atoms with van der Waals surface area (Å²) in [6, 6.07) is 13.3. The number of carbonyl (C=O) groups excluding carboxylic acids is 1. The molecule has 1 amide bonds. The van der Waals surface area contributed by atoms with Crippen LogP contribution < -0.4 is 10.5 Å². The second kappa shape index (κ2) is 8.92. The topological polar surface area (TPSA) is 119 Å². The molecule has 10 heteroatoms. The number of aromatic amines is 1. The number of benzene rings is 1. The van der Waals surface area contributed by atoms with Gasteiger partial charge in [0.15, 0.2) is 5.13 Å². The summed E-state index contributed by atoms with van der Waals surface area (Å²) in [7, 11) is 0. The number of rotatable bonds is 2. The summed E-state index contributed by atoms with van der Waals surface area (Å²) >= 11 is 1.66. The molecule has 1 fully saturated rings. The number of nitrogens with one attached hydrogen (secondary N) is 1. The maximum absolute atomic E-state index is 12.9. The van der Waals surface area contributed by atoms with Crippen molar-refractivity contribution in [2.45, 2.75) is 0 Å². The third kappa shape index (κ3) is 4.24. The van der Waals surface area contributed by atoms with Gasteiger partial charge in [0.25, 0.3) is 17.9 Å². The van der Waals surface area contributed by atoms with E-state index in [1.54, 1.807) is 34.6 Å². The molecular weight excluding hydrogens is 418 g/mol. The van der Waals surface area contributed by atoms with Gasteiger partial charge in [0.05, 0.1) is 10.2 Å². The fourth-order valence-corrected chi connectivity index (χ4v) is 4.48. The van der Waals surface area contributed by atoms with E-state index in [1.807, 2.05) is 24.3 Å². The van der Waals surface area contributed by atoms with E-state index in [4.69, 9.17) is 14.9 Å². The monoisotopic (exact) mass is 437 g/mol. The van der Waals surface area contributed by atoms with Gasteiger partial charge in [-0.25, -0.2) is 9.97 Å². The van der Waals surface area contributed by atoms with Crippen LogP contribution in [0.3, 0.4) is 0 Å². The fraction of sp³-hybridized carbons (Fsp3) is 0.190. The molecule has 0 atom stereocenters. The molecule has 0 aliphatic carbocycles. The van der Waals surface area contributed by atoms with Crippen LogP contribution in [0.4, 0.5) is 5.13 Å². The highest BCUT2D eigenvalue weighted by Crippen LogP contribution is 2.29. The van der Waals surface area contributed by atoms with Crippen LogP contribution in [0, 0.1) is 0 Å². The molecule has 1 saturated heterocycles. The number of fused-ring (bicyclic) bond motifs is 2. The van der Waals surface area contributed by atoms with E-state index >= 15 is 0 Å². The lowest BCUT2D eigenvalue weighted by Crippen LogP contribution is -2.49. The van der Waals surface area contributed by atoms with Crippen LogP contribution in [0.2, 0.25) is 0 Å². The smallest absolute Gasteiger partial charge is 0.290 e. The third-order valence-corrected chi connectivity index (χ3v) is 6.06. The van der Waals surface area contributed by atoms with Gasteiger partial charge in [-0.2, -0.15) is 0 Å². The Morgan fingerprint density at radius 3 is 2.61 bits per heavy atom. The van der Waals surface area contributed by atoms with Gasteiger partial charge in [-0.15, -0.1) is 0 Å². The Labute approximate surface area is 180 Å². The van der Waals surface area contributed by atoms with Crippen LogP contribution in [0.1, 0.15) is 10.4 Å². The average molecular weight is 437 g/mol. The Balaban J connectivity index is 0.000000730. The predicted molar refractivity (Wildman–Crippen MR) is 119 cm³/mol. The quantitative estimate of drug-likeness (QED) is 0.461. The number of H-pyrrole nitrogens is 1. The molecule has 5 rings (SSSR count). The molecular formula is C21H19N5O4S. The number of hydrogen-bond acceptors (Lipinski definition) is 7. The Hall–Kier alpha value is -3.79. The van der Waals surface area contributed by atoms with Crippen molar-refractivity contribution >= 4 is 50.1 Å². The molecule has 0 saturated carbocycles.